The van der Waals surface area contributed by atoms with E-state index in [0.29, 0.717) is 17.5 Å². The van der Waals surface area contributed by atoms with Crippen LogP contribution in [0.3, 0.4) is 0 Å². The second kappa shape index (κ2) is 34.6. The monoisotopic (exact) mass is 1410 g/mol. The summed E-state index contributed by atoms with van der Waals surface area (Å²) < 4.78 is 63.0. The van der Waals surface area contributed by atoms with Gasteiger partial charge < -0.3 is 0 Å². The molecule has 0 saturated carbocycles. The predicted octanol–water partition coefficient (Wildman–Crippen LogP) is 19.4. The summed E-state index contributed by atoms with van der Waals surface area (Å²) in [5, 5.41) is 0. The summed E-state index contributed by atoms with van der Waals surface area (Å²) >= 11 is 0. The highest BCUT2D eigenvalue weighted by molar-refractivity contribution is 5.69. The number of hydrogen-bond acceptors (Lipinski definition) is 0. The van der Waals surface area contributed by atoms with Crippen LogP contribution in [0.5, 0.6) is 0 Å². The van der Waals surface area contributed by atoms with Crippen molar-refractivity contribution >= 4 is 0 Å². The molecule has 0 saturated heterocycles. The maximum atomic E-state index is 8.43. The van der Waals surface area contributed by atoms with E-state index < -0.39 is 19.1 Å². The van der Waals surface area contributed by atoms with Crippen molar-refractivity contribution in [2.75, 3.05) is 0 Å². The molecule has 6 aliphatic rings. The Balaban J connectivity index is 0.000000118. The number of pyridine rings is 6. The van der Waals surface area contributed by atoms with E-state index in [1.165, 1.54) is 174 Å². The minimum Gasteiger partial charge on any atom is -0.201 e. The fourth-order valence-electron chi connectivity index (χ4n) is 16.9. The minimum atomic E-state index is -1.52. The third-order valence-electron chi connectivity index (χ3n) is 22.8. The molecule has 6 aromatic carbocycles. The van der Waals surface area contributed by atoms with Crippen molar-refractivity contribution in [1.82, 2.24) is 0 Å². The molecule has 18 rings (SSSR count). The van der Waals surface area contributed by atoms with E-state index in [4.69, 9.17) is 8.22 Å². The van der Waals surface area contributed by atoms with Crippen LogP contribution >= 0.6 is 0 Å². The van der Waals surface area contributed by atoms with Crippen LogP contribution in [0.2, 0.25) is 0 Å². The van der Waals surface area contributed by atoms with Crippen LogP contribution in [0, 0.1) is 41.5 Å². The largest absolute Gasteiger partial charge is 0.216 e. The Morgan fingerprint density at radius 2 is 0.491 bits per heavy atom. The molecule has 6 aliphatic carbocycles. The van der Waals surface area contributed by atoms with Gasteiger partial charge in [-0.25, -0.2) is 27.4 Å². The third kappa shape index (κ3) is 17.0. The normalized spacial score (nSPS) is 16.4. The molecule has 0 radical (unpaired) electrons. The zero-order chi connectivity index (χ0) is 79.2. The van der Waals surface area contributed by atoms with Crippen molar-refractivity contribution in [1.29, 1.82) is 0 Å². The Morgan fingerprint density at radius 1 is 0.226 bits per heavy atom. The average molecular weight is 1410 g/mol. The van der Waals surface area contributed by atoms with Gasteiger partial charge in [0, 0.05) is 111 Å². The molecule has 0 fully saturated rings. The zero-order valence-corrected chi connectivity index (χ0v) is 65.4. The first-order valence-corrected chi connectivity index (χ1v) is 39.2. The Labute approximate surface area is 643 Å². The van der Waals surface area contributed by atoms with E-state index in [-0.39, 0.29) is 12.8 Å². The fraction of sp³-hybridized carbons (Fsp3) is 0.340. The highest BCUT2D eigenvalue weighted by atomic mass is 14.9. The summed E-state index contributed by atoms with van der Waals surface area (Å²) in [6, 6.07) is 64.0. The molecule has 6 nitrogen and oxygen atoms in total. The average Bonchev–Trinajstić information content (AvgIpc) is 0.789. The Kier molecular flexibility index (Phi) is 21.9. The van der Waals surface area contributed by atoms with Crippen LogP contribution in [-0.4, -0.2) is 0 Å². The summed E-state index contributed by atoms with van der Waals surface area (Å²) in [7, 11) is 12.6. The number of benzene rings is 6. The highest BCUT2D eigenvalue weighted by Gasteiger charge is 2.28. The summed E-state index contributed by atoms with van der Waals surface area (Å²) in [5.74, 6) is 0. The second-order valence-corrected chi connectivity index (χ2v) is 30.4. The molecule has 6 heteroatoms. The molecular formula is C100H116N6+6. The zero-order valence-electron chi connectivity index (χ0n) is 71.4. The summed E-state index contributed by atoms with van der Waals surface area (Å²) in [6.07, 6.45) is 29.7. The number of rotatable bonds is 6. The van der Waals surface area contributed by atoms with Gasteiger partial charge in [0.2, 0.25) is 34.2 Å². The van der Waals surface area contributed by atoms with Crippen molar-refractivity contribution in [3.63, 3.8) is 0 Å². The van der Waals surface area contributed by atoms with Gasteiger partial charge in [-0.05, 0) is 286 Å². The van der Waals surface area contributed by atoms with E-state index >= 15 is 0 Å². The van der Waals surface area contributed by atoms with Crippen LogP contribution in [0.4, 0.5) is 0 Å². The van der Waals surface area contributed by atoms with E-state index in [1.54, 1.807) is 45.0 Å². The van der Waals surface area contributed by atoms with E-state index in [2.05, 4.69) is 256 Å². The quantitative estimate of drug-likeness (QED) is 0.148. The molecule has 0 atom stereocenters. The molecule has 0 amide bonds. The molecule has 6 aromatic heterocycles. The van der Waals surface area contributed by atoms with Gasteiger partial charge >= 0.3 is 0 Å². The third-order valence-corrected chi connectivity index (χ3v) is 22.8. The van der Waals surface area contributed by atoms with Gasteiger partial charge in [-0.1, -0.05) is 109 Å². The van der Waals surface area contributed by atoms with Gasteiger partial charge in [-0.3, -0.25) is 0 Å². The lowest BCUT2D eigenvalue weighted by Crippen LogP contribution is -2.33. The summed E-state index contributed by atoms with van der Waals surface area (Å²) in [5.41, 5.74) is 38.1. The maximum Gasteiger partial charge on any atom is 0.216 e. The topological polar surface area (TPSA) is 23.3 Å². The number of aryl methyl sites for hydroxylation is 21. The first kappa shape index (κ1) is 66.9. The van der Waals surface area contributed by atoms with Crippen LogP contribution in [0.1, 0.15) is 173 Å². The lowest BCUT2D eigenvalue weighted by atomic mass is 9.88. The second-order valence-electron chi connectivity index (χ2n) is 30.4. The standard InChI is InChI=1S/4C17H20N.2C16H18N/c2*1-13-7-3-6-10-16(13)17-11-14-8-4-5-9-15(14)12-18(17)2;2*1-13-7-3-5-9-15(13)17-16-10-6-4-8-14(16)11-12-18(17)2;1-12-6-3-4-9-15(12)16-10-13-7-5-8-14(13)11-17(16)2;1-12-6-3-4-8-14(12)16-15-9-5-7-13(15)10-11-17(16)2/h2*3,6-7,10-12H,4-5,8-9H2,1-2H3;2*3,5,7,9,11-12H,4,6,8,10H2,1-2H3;3-4,6,9-11H,5,7-8H2,1-2H3;3-4,6,8,10-11H,5,7,9H2,1-2H3/q6*+1/i8D2;;8D2,10D2;;;. The number of aromatic nitrogens is 6. The molecule has 0 unspecified atom stereocenters. The van der Waals surface area contributed by atoms with Gasteiger partial charge in [-0.2, -0.15) is 0 Å². The maximum absolute atomic E-state index is 8.43. The van der Waals surface area contributed by atoms with Crippen molar-refractivity contribution < 1.29 is 35.6 Å². The lowest BCUT2D eigenvalue weighted by Gasteiger charge is -2.17. The smallest absolute Gasteiger partial charge is 0.201 e. The van der Waals surface area contributed by atoms with Crippen LogP contribution < -0.4 is 27.4 Å². The van der Waals surface area contributed by atoms with Crippen molar-refractivity contribution in [2.24, 2.45) is 42.3 Å². The highest BCUT2D eigenvalue weighted by Crippen LogP contribution is 2.36. The minimum absolute atomic E-state index is 0.204. The van der Waals surface area contributed by atoms with E-state index in [1.807, 2.05) is 68.2 Å². The molecule has 0 bridgehead atoms. The van der Waals surface area contributed by atoms with Gasteiger partial charge in [0.1, 0.15) is 42.3 Å². The number of fused-ring (bicyclic) bond motifs is 6. The number of nitrogens with zero attached hydrogens (tertiary/aromatic N) is 6. The van der Waals surface area contributed by atoms with Gasteiger partial charge in [0.25, 0.3) is 0 Å². The van der Waals surface area contributed by atoms with Gasteiger partial charge in [0.05, 0.1) is 0 Å². The van der Waals surface area contributed by atoms with Crippen LogP contribution in [0.15, 0.2) is 219 Å². The predicted molar refractivity (Wildman–Crippen MR) is 437 cm³/mol. The summed E-state index contributed by atoms with van der Waals surface area (Å²) in [6.45, 7) is 12.9. The first-order valence-electron chi connectivity index (χ1n) is 42.2. The SMILES string of the molecule is Cc1ccccc1-c1c2c(cc[n+]1C)CCC2.Cc1ccccc1-c1c2c(cc[n+]1C)CCCC2.Cc1ccccc1-c1cc2c(c[n+]1C)CCC2.Cc1ccccc1-c1cc2c(c[n+]1C)CCCC2.[2H]C1([2H])CCC([2H])([2H])c2c1cc[n+](C)c2-c1ccccc1C.[2H]C1([2H])CCCc2c[n+](C)c(-c3ccccc3C)cc21. The Bertz CT molecular complexity index is 5440. The molecule has 0 aliphatic heterocycles. The van der Waals surface area contributed by atoms with Crippen molar-refractivity contribution in [3.8, 4) is 67.5 Å². The van der Waals surface area contributed by atoms with E-state index in [9.17, 15) is 0 Å². The van der Waals surface area contributed by atoms with Gasteiger partial charge in [-0.15, -0.1) is 0 Å². The van der Waals surface area contributed by atoms with Crippen LogP contribution in [-0.2, 0) is 119 Å². The molecule has 540 valence electrons. The van der Waals surface area contributed by atoms with Crippen molar-refractivity contribution in [3.05, 3.63) is 319 Å². The number of hydrogen-bond donors (Lipinski definition) is 0. The molecule has 106 heavy (non-hydrogen) atoms. The molecular weight excluding hydrogens is 1290 g/mol. The fourth-order valence-corrected chi connectivity index (χ4v) is 16.9. The van der Waals surface area contributed by atoms with Crippen LogP contribution in [0.25, 0.3) is 67.5 Å². The summed E-state index contributed by atoms with van der Waals surface area (Å²) in [4.78, 5) is 0. The Morgan fingerprint density at radius 3 is 0.915 bits per heavy atom. The van der Waals surface area contributed by atoms with E-state index in [0.717, 1.165) is 46.5 Å². The molecule has 0 N–H and O–H groups in total. The lowest BCUT2D eigenvalue weighted by molar-refractivity contribution is -0.661. The Hall–Kier alpha value is -9.78. The molecule has 12 aromatic rings. The molecule has 0 spiro atoms. The van der Waals surface area contributed by atoms with Gasteiger partial charge in [0.15, 0.2) is 37.2 Å². The molecule has 6 heterocycles. The van der Waals surface area contributed by atoms with Crippen molar-refractivity contribution in [2.45, 2.75) is 183 Å². The first-order chi connectivity index (χ1) is 53.8.